The Hall–Kier alpha value is -1.92. The first-order chi connectivity index (χ1) is 9.30. The highest BCUT2D eigenvalue weighted by atomic mass is 32.1. The Kier molecular flexibility index (Phi) is 3.18. The minimum absolute atomic E-state index is 0.436. The van der Waals surface area contributed by atoms with Crippen molar-refractivity contribution in [3.63, 3.8) is 0 Å². The topological polar surface area (TPSA) is 65.4 Å². The van der Waals surface area contributed by atoms with Crippen LogP contribution in [0.3, 0.4) is 0 Å². The summed E-state index contributed by atoms with van der Waals surface area (Å²) in [5, 5.41) is 5.44. The highest BCUT2D eigenvalue weighted by Crippen LogP contribution is 2.28. The molecule has 0 unspecified atom stereocenters. The lowest BCUT2D eigenvalue weighted by Crippen LogP contribution is -1.95. The van der Waals surface area contributed by atoms with Crippen LogP contribution in [0.2, 0.25) is 0 Å². The van der Waals surface area contributed by atoms with Crippen LogP contribution in [-0.2, 0) is 6.54 Å². The number of imidazole rings is 1. The number of fused-ring (bicyclic) bond motifs is 1. The molecule has 0 radical (unpaired) electrons. The molecule has 0 bridgehead atoms. The summed E-state index contributed by atoms with van der Waals surface area (Å²) in [6, 6.07) is 7.92. The van der Waals surface area contributed by atoms with E-state index in [0.717, 1.165) is 27.0 Å². The van der Waals surface area contributed by atoms with E-state index in [1.54, 1.807) is 15.9 Å². The molecule has 0 aliphatic rings. The van der Waals surface area contributed by atoms with E-state index in [1.807, 2.05) is 37.4 Å². The third-order valence-electron chi connectivity index (χ3n) is 2.69. The summed E-state index contributed by atoms with van der Waals surface area (Å²) in [5.41, 5.74) is 7.45. The molecule has 2 heterocycles. The highest BCUT2D eigenvalue weighted by molar-refractivity contribution is 7.19. The van der Waals surface area contributed by atoms with Gasteiger partial charge in [-0.05, 0) is 19.1 Å². The number of nitrogens with two attached hydrogens (primary N) is 1. The number of hydrogen-bond donors (Lipinski definition) is 1. The van der Waals surface area contributed by atoms with E-state index in [1.165, 1.54) is 0 Å². The molecular weight excluding hydrogens is 260 g/mol. The predicted octanol–water partition coefficient (Wildman–Crippen LogP) is 2.32. The normalized spacial score (nSPS) is 11.1. The number of rotatable bonds is 4. The van der Waals surface area contributed by atoms with Gasteiger partial charge in [-0.3, -0.25) is 0 Å². The van der Waals surface area contributed by atoms with Gasteiger partial charge in [-0.25, -0.2) is 9.50 Å². The van der Waals surface area contributed by atoms with Gasteiger partial charge in [-0.2, -0.15) is 5.10 Å². The average Bonchev–Trinajstić information content (AvgIpc) is 2.97. The van der Waals surface area contributed by atoms with Crippen molar-refractivity contribution in [3.8, 4) is 16.3 Å². The fourth-order valence-electron chi connectivity index (χ4n) is 1.85. The smallest absolute Gasteiger partial charge is 0.212 e. The van der Waals surface area contributed by atoms with Crippen molar-refractivity contribution in [1.29, 1.82) is 0 Å². The Bertz CT molecular complexity index is 672. The molecule has 3 aromatic rings. The summed E-state index contributed by atoms with van der Waals surface area (Å²) in [6.07, 6.45) is 1.86. The molecule has 2 aromatic heterocycles. The minimum Gasteiger partial charge on any atom is -0.494 e. The van der Waals surface area contributed by atoms with Gasteiger partial charge in [-0.15, -0.1) is 0 Å². The first-order valence-corrected chi connectivity index (χ1v) is 6.90. The summed E-state index contributed by atoms with van der Waals surface area (Å²) < 4.78 is 7.27. The zero-order chi connectivity index (χ0) is 13.2. The van der Waals surface area contributed by atoms with Gasteiger partial charge >= 0.3 is 0 Å². The number of nitrogens with zero attached hydrogens (tertiary/aromatic N) is 3. The van der Waals surface area contributed by atoms with E-state index in [-0.39, 0.29) is 0 Å². The van der Waals surface area contributed by atoms with Crippen LogP contribution in [0, 0.1) is 0 Å². The van der Waals surface area contributed by atoms with E-state index in [0.29, 0.717) is 13.2 Å². The van der Waals surface area contributed by atoms with Crippen molar-refractivity contribution in [2.45, 2.75) is 13.5 Å². The standard InChI is InChI=1S/C13H14N4OS/c1-2-18-11-5-3-4-9(6-11)12-16-17-8-10(7-14)15-13(17)19-12/h3-6,8H,2,7,14H2,1H3. The number of ether oxygens (including phenoxy) is 1. The Labute approximate surface area is 114 Å². The fourth-order valence-corrected chi connectivity index (χ4v) is 2.74. The molecule has 98 valence electrons. The van der Waals surface area contributed by atoms with E-state index in [2.05, 4.69) is 10.1 Å². The van der Waals surface area contributed by atoms with Crippen LogP contribution in [0.5, 0.6) is 5.75 Å². The first-order valence-electron chi connectivity index (χ1n) is 6.08. The van der Waals surface area contributed by atoms with E-state index >= 15 is 0 Å². The molecule has 0 atom stereocenters. The molecular formula is C13H14N4OS. The fraction of sp³-hybridized carbons (Fsp3) is 0.231. The van der Waals surface area contributed by atoms with Crippen molar-refractivity contribution in [1.82, 2.24) is 14.6 Å². The molecule has 3 rings (SSSR count). The Morgan fingerprint density at radius 2 is 2.32 bits per heavy atom. The number of hydrogen-bond acceptors (Lipinski definition) is 5. The third kappa shape index (κ3) is 2.32. The molecule has 0 aliphatic carbocycles. The number of aromatic nitrogens is 3. The average molecular weight is 274 g/mol. The van der Waals surface area contributed by atoms with Gasteiger partial charge in [0.15, 0.2) is 0 Å². The zero-order valence-electron chi connectivity index (χ0n) is 10.5. The molecule has 0 aliphatic heterocycles. The summed E-state index contributed by atoms with van der Waals surface area (Å²) in [4.78, 5) is 5.26. The molecule has 5 nitrogen and oxygen atoms in total. The van der Waals surface area contributed by atoms with Crippen LogP contribution in [0.15, 0.2) is 30.5 Å². The molecule has 0 spiro atoms. The van der Waals surface area contributed by atoms with Gasteiger partial charge in [0.1, 0.15) is 10.8 Å². The second-order valence-corrected chi connectivity index (χ2v) is 4.99. The van der Waals surface area contributed by atoms with Crippen molar-refractivity contribution in [2.75, 3.05) is 6.61 Å². The molecule has 19 heavy (non-hydrogen) atoms. The summed E-state index contributed by atoms with van der Waals surface area (Å²) >= 11 is 1.54. The molecule has 0 saturated carbocycles. The predicted molar refractivity (Wildman–Crippen MR) is 75.4 cm³/mol. The van der Waals surface area contributed by atoms with Crippen LogP contribution in [0.4, 0.5) is 0 Å². The van der Waals surface area contributed by atoms with Gasteiger partial charge in [0.25, 0.3) is 0 Å². The molecule has 0 fully saturated rings. The maximum Gasteiger partial charge on any atom is 0.212 e. The Morgan fingerprint density at radius 3 is 3.05 bits per heavy atom. The molecule has 0 saturated heterocycles. The monoisotopic (exact) mass is 274 g/mol. The first kappa shape index (κ1) is 12.1. The minimum atomic E-state index is 0.436. The van der Waals surface area contributed by atoms with Gasteiger partial charge in [0.2, 0.25) is 4.96 Å². The van der Waals surface area contributed by atoms with Gasteiger partial charge in [0, 0.05) is 12.1 Å². The molecule has 1 aromatic carbocycles. The summed E-state index contributed by atoms with van der Waals surface area (Å²) in [7, 11) is 0. The number of benzene rings is 1. The highest BCUT2D eigenvalue weighted by Gasteiger charge is 2.09. The van der Waals surface area contributed by atoms with Crippen LogP contribution >= 0.6 is 11.3 Å². The molecule has 0 amide bonds. The van der Waals surface area contributed by atoms with Crippen molar-refractivity contribution < 1.29 is 4.74 Å². The van der Waals surface area contributed by atoms with Crippen molar-refractivity contribution >= 4 is 16.3 Å². The summed E-state index contributed by atoms with van der Waals surface area (Å²) in [6.45, 7) is 3.06. The lowest BCUT2D eigenvalue weighted by Gasteiger charge is -2.03. The van der Waals surface area contributed by atoms with Gasteiger partial charge < -0.3 is 10.5 Å². The van der Waals surface area contributed by atoms with Gasteiger partial charge in [0.05, 0.1) is 18.5 Å². The van der Waals surface area contributed by atoms with Gasteiger partial charge in [-0.1, -0.05) is 23.5 Å². The third-order valence-corrected chi connectivity index (χ3v) is 3.67. The van der Waals surface area contributed by atoms with Crippen LogP contribution in [-0.4, -0.2) is 21.2 Å². The van der Waals surface area contributed by atoms with Crippen molar-refractivity contribution in [3.05, 3.63) is 36.2 Å². The van der Waals surface area contributed by atoms with Crippen molar-refractivity contribution in [2.24, 2.45) is 5.73 Å². The summed E-state index contributed by atoms with van der Waals surface area (Å²) in [5.74, 6) is 0.857. The Morgan fingerprint density at radius 1 is 1.42 bits per heavy atom. The van der Waals surface area contributed by atoms with E-state index < -0.39 is 0 Å². The Balaban J connectivity index is 1.98. The molecule has 2 N–H and O–H groups in total. The van der Waals surface area contributed by atoms with Crippen LogP contribution in [0.25, 0.3) is 15.5 Å². The van der Waals surface area contributed by atoms with E-state index in [9.17, 15) is 0 Å². The van der Waals surface area contributed by atoms with Crippen LogP contribution in [0.1, 0.15) is 12.6 Å². The quantitative estimate of drug-likeness (QED) is 0.793. The van der Waals surface area contributed by atoms with Crippen LogP contribution < -0.4 is 10.5 Å². The van der Waals surface area contributed by atoms with E-state index in [4.69, 9.17) is 10.5 Å². The maximum absolute atomic E-state index is 5.56. The SMILES string of the molecule is CCOc1cccc(-c2nn3cc(CN)nc3s2)c1. The maximum atomic E-state index is 5.56. The second kappa shape index (κ2) is 4.99. The zero-order valence-corrected chi connectivity index (χ0v) is 11.4. The lowest BCUT2D eigenvalue weighted by molar-refractivity contribution is 0.340. The lowest BCUT2D eigenvalue weighted by atomic mass is 10.2. The second-order valence-electron chi connectivity index (χ2n) is 4.03. The molecule has 6 heteroatoms. The largest absolute Gasteiger partial charge is 0.494 e.